The highest BCUT2D eigenvalue weighted by Crippen LogP contribution is 2.26. The molecule has 2 rings (SSSR count). The Labute approximate surface area is 133 Å². The first-order valence-corrected chi connectivity index (χ1v) is 6.93. The molecular formula is C16H18N4O3. The van der Waals surface area contributed by atoms with Crippen LogP contribution < -0.4 is 21.1 Å². The Morgan fingerprint density at radius 2 is 2.04 bits per heavy atom. The lowest BCUT2D eigenvalue weighted by Gasteiger charge is -2.13. The largest absolute Gasteiger partial charge is 0.495 e. The van der Waals surface area contributed by atoms with Gasteiger partial charge in [0.25, 0.3) is 5.91 Å². The lowest BCUT2D eigenvalue weighted by Crippen LogP contribution is -2.15. The van der Waals surface area contributed by atoms with Gasteiger partial charge in [-0.05, 0) is 23.8 Å². The van der Waals surface area contributed by atoms with Gasteiger partial charge in [-0.3, -0.25) is 14.6 Å². The summed E-state index contributed by atoms with van der Waals surface area (Å²) < 4.78 is 5.21. The minimum atomic E-state index is -0.547. The fraction of sp³-hybridized carbons (Fsp3) is 0.188. The second-order valence-electron chi connectivity index (χ2n) is 4.85. The van der Waals surface area contributed by atoms with E-state index in [1.807, 2.05) is 6.07 Å². The fourth-order valence-electron chi connectivity index (χ4n) is 2.09. The minimum Gasteiger partial charge on any atom is -0.495 e. The molecule has 1 aromatic heterocycles. The van der Waals surface area contributed by atoms with Crippen LogP contribution in [-0.2, 0) is 11.3 Å². The first-order chi connectivity index (χ1) is 11.0. The van der Waals surface area contributed by atoms with E-state index in [0.717, 1.165) is 5.56 Å². The third kappa shape index (κ3) is 4.19. The predicted octanol–water partition coefficient (Wildman–Crippen LogP) is 1.76. The molecule has 0 spiro atoms. The van der Waals surface area contributed by atoms with Gasteiger partial charge < -0.3 is 21.1 Å². The molecule has 0 aliphatic heterocycles. The van der Waals surface area contributed by atoms with E-state index >= 15 is 0 Å². The summed E-state index contributed by atoms with van der Waals surface area (Å²) in [6.45, 7) is 1.88. The predicted molar refractivity (Wildman–Crippen MR) is 87.4 cm³/mol. The molecule has 4 N–H and O–H groups in total. The molecule has 0 radical (unpaired) electrons. The monoisotopic (exact) mass is 314 g/mol. The first kappa shape index (κ1) is 16.3. The molecule has 0 saturated carbocycles. The maximum atomic E-state index is 11.4. The van der Waals surface area contributed by atoms with Crippen molar-refractivity contribution in [3.63, 3.8) is 0 Å². The molecule has 120 valence electrons. The average Bonchev–Trinajstić information content (AvgIpc) is 2.52. The number of rotatable bonds is 6. The van der Waals surface area contributed by atoms with Crippen molar-refractivity contribution in [2.75, 3.05) is 17.7 Å². The number of methoxy groups -OCH3 is 1. The van der Waals surface area contributed by atoms with E-state index in [0.29, 0.717) is 29.2 Å². The van der Waals surface area contributed by atoms with Crippen LogP contribution in [0.4, 0.5) is 11.4 Å². The zero-order valence-corrected chi connectivity index (χ0v) is 12.9. The van der Waals surface area contributed by atoms with Crippen LogP contribution in [0.1, 0.15) is 22.8 Å². The van der Waals surface area contributed by atoms with Crippen LogP contribution in [0.15, 0.2) is 36.7 Å². The number of carbonyl (C=O) groups excluding carboxylic acids is 2. The van der Waals surface area contributed by atoms with Gasteiger partial charge in [-0.15, -0.1) is 0 Å². The van der Waals surface area contributed by atoms with E-state index in [1.54, 1.807) is 24.4 Å². The van der Waals surface area contributed by atoms with Crippen molar-refractivity contribution in [2.45, 2.75) is 13.5 Å². The van der Waals surface area contributed by atoms with Crippen LogP contribution in [0.2, 0.25) is 0 Å². The highest BCUT2D eigenvalue weighted by molar-refractivity contribution is 5.98. The number of anilines is 2. The number of amides is 2. The Balaban J connectivity index is 2.18. The number of hydrogen-bond acceptors (Lipinski definition) is 5. The molecule has 1 aromatic carbocycles. The second-order valence-corrected chi connectivity index (χ2v) is 4.85. The molecule has 0 aliphatic rings. The van der Waals surface area contributed by atoms with Crippen LogP contribution >= 0.6 is 0 Å². The Hall–Kier alpha value is -3.09. The fourth-order valence-corrected chi connectivity index (χ4v) is 2.09. The van der Waals surface area contributed by atoms with Crippen molar-refractivity contribution in [1.82, 2.24) is 4.98 Å². The number of nitrogens with one attached hydrogen (secondary N) is 2. The van der Waals surface area contributed by atoms with Crippen molar-refractivity contribution in [2.24, 2.45) is 5.73 Å². The van der Waals surface area contributed by atoms with E-state index in [4.69, 9.17) is 10.5 Å². The zero-order chi connectivity index (χ0) is 16.8. The van der Waals surface area contributed by atoms with Crippen molar-refractivity contribution in [1.29, 1.82) is 0 Å². The van der Waals surface area contributed by atoms with Gasteiger partial charge in [0.2, 0.25) is 5.91 Å². The number of carbonyl (C=O) groups is 2. The van der Waals surface area contributed by atoms with E-state index < -0.39 is 5.91 Å². The van der Waals surface area contributed by atoms with E-state index in [9.17, 15) is 9.59 Å². The van der Waals surface area contributed by atoms with Gasteiger partial charge in [-0.25, -0.2) is 0 Å². The molecule has 0 fully saturated rings. The summed E-state index contributed by atoms with van der Waals surface area (Å²) in [5.74, 6) is -0.154. The van der Waals surface area contributed by atoms with Crippen molar-refractivity contribution >= 4 is 23.2 Å². The Bertz CT molecular complexity index is 731. The summed E-state index contributed by atoms with van der Waals surface area (Å²) >= 11 is 0. The molecule has 7 nitrogen and oxygen atoms in total. The van der Waals surface area contributed by atoms with Crippen LogP contribution in [0.3, 0.4) is 0 Å². The maximum Gasteiger partial charge on any atom is 0.252 e. The van der Waals surface area contributed by atoms with Crippen LogP contribution in [-0.4, -0.2) is 23.9 Å². The van der Waals surface area contributed by atoms with Gasteiger partial charge >= 0.3 is 0 Å². The third-order valence-electron chi connectivity index (χ3n) is 3.14. The summed E-state index contributed by atoms with van der Waals surface area (Å²) in [4.78, 5) is 26.5. The standard InChI is InChI=1S/C16H18N4O3/c1-10(21)20-14-7-11(3-4-15(14)23-2)8-19-13-5-6-18-9-12(13)16(17)22/h3-7,9H,8H2,1-2H3,(H2,17,22)(H,18,19)(H,20,21). The molecule has 2 amide bonds. The molecule has 0 saturated heterocycles. The highest BCUT2D eigenvalue weighted by atomic mass is 16.5. The normalized spacial score (nSPS) is 10.0. The van der Waals surface area contributed by atoms with Crippen molar-refractivity contribution in [3.8, 4) is 5.75 Å². The third-order valence-corrected chi connectivity index (χ3v) is 3.14. The van der Waals surface area contributed by atoms with Crippen LogP contribution in [0.5, 0.6) is 5.75 Å². The topological polar surface area (TPSA) is 106 Å². The molecule has 7 heteroatoms. The number of nitrogens with two attached hydrogens (primary N) is 1. The number of nitrogens with zero attached hydrogens (tertiary/aromatic N) is 1. The summed E-state index contributed by atoms with van der Waals surface area (Å²) in [6, 6.07) is 7.11. The number of hydrogen-bond donors (Lipinski definition) is 3. The molecule has 23 heavy (non-hydrogen) atoms. The maximum absolute atomic E-state index is 11.4. The Morgan fingerprint density at radius 1 is 1.26 bits per heavy atom. The number of pyridine rings is 1. The number of ether oxygens (including phenoxy) is 1. The minimum absolute atomic E-state index is 0.182. The van der Waals surface area contributed by atoms with Crippen molar-refractivity contribution in [3.05, 3.63) is 47.8 Å². The first-order valence-electron chi connectivity index (χ1n) is 6.93. The van der Waals surface area contributed by atoms with Gasteiger partial charge in [0, 0.05) is 25.9 Å². The van der Waals surface area contributed by atoms with Gasteiger partial charge in [0.05, 0.1) is 24.0 Å². The average molecular weight is 314 g/mol. The number of benzene rings is 1. The van der Waals surface area contributed by atoms with Crippen molar-refractivity contribution < 1.29 is 14.3 Å². The summed E-state index contributed by atoms with van der Waals surface area (Å²) in [5, 5.41) is 5.85. The summed E-state index contributed by atoms with van der Waals surface area (Å²) in [7, 11) is 1.54. The Kier molecular flexibility index (Phi) is 5.14. The molecule has 0 bridgehead atoms. The van der Waals surface area contributed by atoms with Gasteiger partial charge in [0.15, 0.2) is 0 Å². The molecule has 0 aliphatic carbocycles. The number of primary amides is 1. The van der Waals surface area contributed by atoms with E-state index in [1.165, 1.54) is 20.2 Å². The lowest BCUT2D eigenvalue weighted by atomic mass is 10.1. The van der Waals surface area contributed by atoms with Crippen LogP contribution in [0, 0.1) is 0 Å². The smallest absolute Gasteiger partial charge is 0.252 e. The Morgan fingerprint density at radius 3 is 2.70 bits per heavy atom. The molecular weight excluding hydrogens is 296 g/mol. The van der Waals surface area contributed by atoms with Crippen LogP contribution in [0.25, 0.3) is 0 Å². The van der Waals surface area contributed by atoms with E-state index in [2.05, 4.69) is 15.6 Å². The zero-order valence-electron chi connectivity index (χ0n) is 12.9. The van der Waals surface area contributed by atoms with Gasteiger partial charge in [-0.2, -0.15) is 0 Å². The van der Waals surface area contributed by atoms with E-state index in [-0.39, 0.29) is 5.91 Å². The molecule has 2 aromatic rings. The molecule has 0 unspecified atom stereocenters. The molecule has 1 heterocycles. The van der Waals surface area contributed by atoms with Gasteiger partial charge in [0.1, 0.15) is 5.75 Å². The lowest BCUT2D eigenvalue weighted by molar-refractivity contribution is -0.114. The number of aromatic nitrogens is 1. The molecule has 0 atom stereocenters. The quantitative estimate of drug-likeness (QED) is 0.753. The summed E-state index contributed by atoms with van der Waals surface area (Å²) in [6.07, 6.45) is 2.99. The van der Waals surface area contributed by atoms with Gasteiger partial charge in [-0.1, -0.05) is 6.07 Å². The second kappa shape index (κ2) is 7.26. The highest BCUT2D eigenvalue weighted by Gasteiger charge is 2.09. The summed E-state index contributed by atoms with van der Waals surface area (Å²) in [5.41, 5.74) is 7.73. The SMILES string of the molecule is COc1ccc(CNc2ccncc2C(N)=O)cc1NC(C)=O.